The Labute approximate surface area is 111 Å². The van der Waals surface area contributed by atoms with Crippen LogP contribution < -0.4 is 15.4 Å². The number of nitrogens with zero attached hydrogens (tertiary/aromatic N) is 1. The largest absolute Gasteiger partial charge is 0.484 e. The first-order valence-electron chi connectivity index (χ1n) is 5.80. The average molecular weight is 261 g/mol. The fraction of sp³-hybridized carbons (Fsp3) is 0.308. The molecule has 0 saturated carbocycles. The van der Waals surface area contributed by atoms with Gasteiger partial charge in [-0.05, 0) is 12.1 Å². The van der Waals surface area contributed by atoms with E-state index < -0.39 is 0 Å². The van der Waals surface area contributed by atoms with Crippen molar-refractivity contribution in [1.82, 2.24) is 10.6 Å². The molecule has 0 aliphatic rings. The summed E-state index contributed by atoms with van der Waals surface area (Å²) in [5, 5.41) is 13.3. The van der Waals surface area contributed by atoms with E-state index in [2.05, 4.69) is 10.6 Å². The van der Waals surface area contributed by atoms with E-state index in [9.17, 15) is 9.59 Å². The summed E-state index contributed by atoms with van der Waals surface area (Å²) in [5.74, 6) is 0.00985. The zero-order chi connectivity index (χ0) is 13.9. The third-order valence-corrected chi connectivity index (χ3v) is 2.12. The van der Waals surface area contributed by atoms with E-state index in [-0.39, 0.29) is 31.4 Å². The molecule has 1 aromatic carbocycles. The second-order valence-electron chi connectivity index (χ2n) is 3.64. The van der Waals surface area contributed by atoms with E-state index in [1.54, 1.807) is 18.2 Å². The number of carbonyl (C=O) groups excluding carboxylic acids is 2. The molecule has 0 aliphatic heterocycles. The summed E-state index contributed by atoms with van der Waals surface area (Å²) >= 11 is 0. The van der Waals surface area contributed by atoms with Gasteiger partial charge in [0, 0.05) is 13.1 Å². The summed E-state index contributed by atoms with van der Waals surface area (Å²) in [6.45, 7) is 0.516. The van der Waals surface area contributed by atoms with Crippen molar-refractivity contribution in [2.45, 2.75) is 6.42 Å². The Morgan fingerprint density at radius 1 is 1.11 bits per heavy atom. The fourth-order valence-corrected chi connectivity index (χ4v) is 1.25. The predicted octanol–water partition coefficient (Wildman–Crippen LogP) is 0.211. The molecule has 0 fully saturated rings. The van der Waals surface area contributed by atoms with Gasteiger partial charge in [0.15, 0.2) is 6.61 Å². The van der Waals surface area contributed by atoms with E-state index in [0.717, 1.165) is 0 Å². The molecule has 0 atom stereocenters. The van der Waals surface area contributed by atoms with Crippen LogP contribution in [0.15, 0.2) is 30.3 Å². The molecule has 0 saturated heterocycles. The first kappa shape index (κ1) is 14.5. The van der Waals surface area contributed by atoms with Crippen LogP contribution in [0.5, 0.6) is 5.75 Å². The van der Waals surface area contributed by atoms with Gasteiger partial charge in [0.2, 0.25) is 5.91 Å². The Bertz CT molecular complexity index is 454. The summed E-state index contributed by atoms with van der Waals surface area (Å²) in [6, 6.07) is 10.7. The summed E-state index contributed by atoms with van der Waals surface area (Å²) in [6.07, 6.45) is -0.176. The van der Waals surface area contributed by atoms with Crippen molar-refractivity contribution >= 4 is 11.8 Å². The maximum Gasteiger partial charge on any atom is 0.258 e. The zero-order valence-electron chi connectivity index (χ0n) is 10.4. The van der Waals surface area contributed by atoms with Gasteiger partial charge in [-0.15, -0.1) is 0 Å². The second-order valence-corrected chi connectivity index (χ2v) is 3.64. The van der Waals surface area contributed by atoms with Gasteiger partial charge in [-0.2, -0.15) is 5.26 Å². The molecule has 0 heterocycles. The fourth-order valence-electron chi connectivity index (χ4n) is 1.25. The molecule has 100 valence electrons. The van der Waals surface area contributed by atoms with Crippen molar-refractivity contribution in [2.75, 3.05) is 19.7 Å². The van der Waals surface area contributed by atoms with Crippen molar-refractivity contribution in [2.24, 2.45) is 0 Å². The normalized spacial score (nSPS) is 9.21. The van der Waals surface area contributed by atoms with Gasteiger partial charge in [0.05, 0.1) is 6.07 Å². The molecule has 0 radical (unpaired) electrons. The number of nitriles is 1. The Hall–Kier alpha value is -2.55. The van der Waals surface area contributed by atoms with Crippen molar-refractivity contribution < 1.29 is 14.3 Å². The monoisotopic (exact) mass is 261 g/mol. The lowest BCUT2D eigenvalue weighted by Crippen LogP contribution is -2.36. The smallest absolute Gasteiger partial charge is 0.258 e. The number of nitrogens with one attached hydrogen (secondary N) is 2. The minimum Gasteiger partial charge on any atom is -0.484 e. The number of amides is 2. The standard InChI is InChI=1S/C13H15N3O3/c14-7-6-12(17)15-8-9-16-13(18)10-19-11-4-2-1-3-5-11/h1-5H,6,8-10H2,(H,15,17)(H,16,18). The van der Waals surface area contributed by atoms with Crippen LogP contribution in [-0.2, 0) is 9.59 Å². The molecule has 0 aromatic heterocycles. The Morgan fingerprint density at radius 2 is 1.74 bits per heavy atom. The first-order chi connectivity index (χ1) is 9.22. The molecule has 6 heteroatoms. The SMILES string of the molecule is N#CCC(=O)NCCNC(=O)COc1ccccc1. The summed E-state index contributed by atoms with van der Waals surface area (Å²) in [4.78, 5) is 22.3. The van der Waals surface area contributed by atoms with Gasteiger partial charge in [-0.1, -0.05) is 18.2 Å². The quantitative estimate of drug-likeness (QED) is 0.686. The molecule has 19 heavy (non-hydrogen) atoms. The van der Waals surface area contributed by atoms with Gasteiger partial charge in [-0.25, -0.2) is 0 Å². The molecule has 0 aliphatic carbocycles. The van der Waals surface area contributed by atoms with Crippen LogP contribution in [0, 0.1) is 11.3 Å². The summed E-state index contributed by atoms with van der Waals surface area (Å²) in [5.41, 5.74) is 0. The molecule has 0 spiro atoms. The number of rotatable bonds is 7. The van der Waals surface area contributed by atoms with Crippen LogP contribution in [0.1, 0.15) is 6.42 Å². The first-order valence-corrected chi connectivity index (χ1v) is 5.80. The van der Waals surface area contributed by atoms with Crippen LogP contribution in [-0.4, -0.2) is 31.5 Å². The van der Waals surface area contributed by atoms with E-state index in [1.807, 2.05) is 18.2 Å². The highest BCUT2D eigenvalue weighted by atomic mass is 16.5. The molecule has 2 N–H and O–H groups in total. The Kier molecular flexibility index (Phi) is 6.51. The number of hydrogen-bond donors (Lipinski definition) is 2. The molecule has 0 bridgehead atoms. The Morgan fingerprint density at radius 3 is 2.37 bits per heavy atom. The summed E-state index contributed by atoms with van der Waals surface area (Å²) in [7, 11) is 0. The maximum atomic E-state index is 11.4. The number of para-hydroxylation sites is 1. The molecule has 1 rings (SSSR count). The topological polar surface area (TPSA) is 91.2 Å². The van der Waals surface area contributed by atoms with Gasteiger partial charge in [0.25, 0.3) is 5.91 Å². The van der Waals surface area contributed by atoms with Crippen molar-refractivity contribution in [3.05, 3.63) is 30.3 Å². The average Bonchev–Trinajstić information content (AvgIpc) is 2.43. The minimum atomic E-state index is -0.350. The number of benzene rings is 1. The second kappa shape index (κ2) is 8.53. The summed E-state index contributed by atoms with van der Waals surface area (Å²) < 4.78 is 5.24. The van der Waals surface area contributed by atoms with Gasteiger partial charge in [-0.3, -0.25) is 9.59 Å². The van der Waals surface area contributed by atoms with Crippen LogP contribution in [0.3, 0.4) is 0 Å². The number of carbonyl (C=O) groups is 2. The van der Waals surface area contributed by atoms with Crippen LogP contribution >= 0.6 is 0 Å². The van der Waals surface area contributed by atoms with E-state index in [0.29, 0.717) is 12.3 Å². The molecule has 2 amide bonds. The van der Waals surface area contributed by atoms with E-state index in [4.69, 9.17) is 10.00 Å². The third-order valence-electron chi connectivity index (χ3n) is 2.12. The predicted molar refractivity (Wildman–Crippen MR) is 68.2 cm³/mol. The molecule has 6 nitrogen and oxygen atoms in total. The lowest BCUT2D eigenvalue weighted by Gasteiger charge is -2.07. The van der Waals surface area contributed by atoms with Crippen molar-refractivity contribution in [3.8, 4) is 11.8 Å². The number of hydrogen-bond acceptors (Lipinski definition) is 4. The maximum absolute atomic E-state index is 11.4. The van der Waals surface area contributed by atoms with Crippen molar-refractivity contribution in [1.29, 1.82) is 5.26 Å². The minimum absolute atomic E-state index is 0.0733. The van der Waals surface area contributed by atoms with Gasteiger partial charge in [0.1, 0.15) is 12.2 Å². The van der Waals surface area contributed by atoms with Crippen LogP contribution in [0.4, 0.5) is 0 Å². The zero-order valence-corrected chi connectivity index (χ0v) is 10.4. The van der Waals surface area contributed by atoms with Gasteiger partial charge < -0.3 is 15.4 Å². The lowest BCUT2D eigenvalue weighted by atomic mass is 10.3. The molecule has 1 aromatic rings. The molecular formula is C13H15N3O3. The third kappa shape index (κ3) is 6.68. The van der Waals surface area contributed by atoms with Crippen LogP contribution in [0.2, 0.25) is 0 Å². The molecule has 0 unspecified atom stereocenters. The lowest BCUT2D eigenvalue weighted by molar-refractivity contribution is -0.123. The number of ether oxygens (including phenoxy) is 1. The van der Waals surface area contributed by atoms with E-state index in [1.165, 1.54) is 0 Å². The van der Waals surface area contributed by atoms with Crippen molar-refractivity contribution in [3.63, 3.8) is 0 Å². The Balaban J connectivity index is 2.09. The highest BCUT2D eigenvalue weighted by Crippen LogP contribution is 2.07. The van der Waals surface area contributed by atoms with Gasteiger partial charge >= 0.3 is 0 Å². The molecular weight excluding hydrogens is 246 g/mol. The highest BCUT2D eigenvalue weighted by Gasteiger charge is 2.02. The highest BCUT2D eigenvalue weighted by molar-refractivity contribution is 5.78. The van der Waals surface area contributed by atoms with E-state index >= 15 is 0 Å². The van der Waals surface area contributed by atoms with Crippen LogP contribution in [0.25, 0.3) is 0 Å².